The molecule has 22 heavy (non-hydrogen) atoms. The highest BCUT2D eigenvalue weighted by molar-refractivity contribution is 7.84. The van der Waals surface area contributed by atoms with Crippen molar-refractivity contribution in [3.63, 3.8) is 0 Å². The second-order valence-corrected chi connectivity index (χ2v) is 7.64. The normalized spacial score (nSPS) is 23.8. The Morgan fingerprint density at radius 3 is 2.77 bits per heavy atom. The van der Waals surface area contributed by atoms with Gasteiger partial charge in [-0.05, 0) is 31.0 Å². The average molecular weight is 345 g/mol. The molecular formula is C15H21ClN2O3S. The van der Waals surface area contributed by atoms with Crippen molar-refractivity contribution in [3.8, 4) is 0 Å². The van der Waals surface area contributed by atoms with Gasteiger partial charge in [0.15, 0.2) is 0 Å². The molecule has 1 heterocycles. The Labute approximate surface area is 138 Å². The monoisotopic (exact) mass is 344 g/mol. The maximum absolute atomic E-state index is 12.0. The van der Waals surface area contributed by atoms with Crippen LogP contribution in [-0.4, -0.2) is 40.9 Å². The average Bonchev–Trinajstić information content (AvgIpc) is 2.93. The van der Waals surface area contributed by atoms with Crippen LogP contribution in [0, 0.1) is 0 Å². The number of hydrogen-bond acceptors (Lipinski definition) is 3. The molecule has 0 bridgehead atoms. The van der Waals surface area contributed by atoms with Crippen molar-refractivity contribution < 1.29 is 13.7 Å². The summed E-state index contributed by atoms with van der Waals surface area (Å²) in [5.41, 5.74) is 0.996. The molecule has 7 heteroatoms. The molecular weight excluding hydrogens is 324 g/mol. The van der Waals surface area contributed by atoms with E-state index >= 15 is 0 Å². The van der Waals surface area contributed by atoms with Crippen LogP contribution in [0.5, 0.6) is 0 Å². The number of amides is 2. The molecule has 0 aliphatic carbocycles. The van der Waals surface area contributed by atoms with E-state index in [1.165, 1.54) is 0 Å². The van der Waals surface area contributed by atoms with Crippen LogP contribution >= 0.6 is 11.6 Å². The first-order chi connectivity index (χ1) is 10.5. The van der Waals surface area contributed by atoms with Crippen LogP contribution in [-0.2, 0) is 15.5 Å². The number of carbonyl (C=O) groups is 1. The van der Waals surface area contributed by atoms with Gasteiger partial charge in [-0.15, -0.1) is 0 Å². The Hall–Kier alpha value is -1.11. The van der Waals surface area contributed by atoms with Gasteiger partial charge in [-0.25, -0.2) is 4.79 Å². The van der Waals surface area contributed by atoms with Gasteiger partial charge in [0.05, 0.1) is 6.04 Å². The molecule has 5 nitrogen and oxygen atoms in total. The Balaban J connectivity index is 1.89. The molecule has 0 radical (unpaired) electrons. The summed E-state index contributed by atoms with van der Waals surface area (Å²) in [5, 5.41) is 6.28. The fraction of sp³-hybridized carbons (Fsp3) is 0.533. The van der Waals surface area contributed by atoms with Crippen molar-refractivity contribution >= 4 is 28.4 Å². The third kappa shape index (κ3) is 4.69. The van der Waals surface area contributed by atoms with E-state index in [1.807, 2.05) is 31.2 Å². The minimum Gasteiger partial charge on any atom is -0.371 e. The summed E-state index contributed by atoms with van der Waals surface area (Å²) in [5.74, 6) is 0. The van der Waals surface area contributed by atoms with Crippen molar-refractivity contribution in [2.45, 2.75) is 30.7 Å². The molecule has 1 aliphatic heterocycles. The van der Waals surface area contributed by atoms with Gasteiger partial charge in [-0.2, -0.15) is 0 Å². The number of rotatable bonds is 5. The summed E-state index contributed by atoms with van der Waals surface area (Å²) in [7, 11) is -0.949. The Kier molecular flexibility index (Phi) is 6.23. The van der Waals surface area contributed by atoms with Crippen molar-refractivity contribution in [1.82, 2.24) is 10.6 Å². The maximum atomic E-state index is 12.0. The van der Waals surface area contributed by atoms with Gasteiger partial charge in [-0.3, -0.25) is 4.21 Å². The third-order valence-corrected chi connectivity index (χ3v) is 5.28. The van der Waals surface area contributed by atoms with E-state index < -0.39 is 10.8 Å². The van der Waals surface area contributed by atoms with Crippen LogP contribution in [0.15, 0.2) is 24.3 Å². The topological polar surface area (TPSA) is 67.4 Å². The number of hydrogen-bond donors (Lipinski definition) is 2. The first-order valence-corrected chi connectivity index (χ1v) is 9.21. The number of halogens is 1. The predicted octanol–water partition coefficient (Wildman–Crippen LogP) is 2.24. The summed E-state index contributed by atoms with van der Waals surface area (Å²) in [6.45, 7) is 2.83. The van der Waals surface area contributed by atoms with E-state index in [2.05, 4.69) is 10.6 Å². The largest absolute Gasteiger partial charge is 0.371 e. The Morgan fingerprint density at radius 1 is 1.45 bits per heavy atom. The second kappa shape index (κ2) is 7.94. The third-order valence-electron chi connectivity index (χ3n) is 3.72. The van der Waals surface area contributed by atoms with E-state index in [0.29, 0.717) is 18.2 Å². The lowest BCUT2D eigenvalue weighted by molar-refractivity contribution is 0.0999. The van der Waals surface area contributed by atoms with E-state index in [-0.39, 0.29) is 23.4 Å². The first kappa shape index (κ1) is 17.2. The molecule has 1 aromatic rings. The van der Waals surface area contributed by atoms with E-state index in [4.69, 9.17) is 16.3 Å². The van der Waals surface area contributed by atoms with Crippen molar-refractivity contribution in [3.05, 3.63) is 34.9 Å². The zero-order chi connectivity index (χ0) is 16.1. The number of carbonyl (C=O) groups excluding carboxylic acids is 1. The molecule has 2 N–H and O–H groups in total. The summed E-state index contributed by atoms with van der Waals surface area (Å²) in [4.78, 5) is 12.0. The molecule has 0 spiro atoms. The van der Waals surface area contributed by atoms with Gasteiger partial charge in [0.25, 0.3) is 0 Å². The van der Waals surface area contributed by atoms with Gasteiger partial charge in [-0.1, -0.05) is 23.7 Å². The number of ether oxygens (including phenoxy) is 1. The van der Waals surface area contributed by atoms with Gasteiger partial charge in [0.2, 0.25) is 0 Å². The highest BCUT2D eigenvalue weighted by Gasteiger charge is 2.30. The zero-order valence-corrected chi connectivity index (χ0v) is 14.2. The highest BCUT2D eigenvalue weighted by atomic mass is 35.5. The first-order valence-electron chi connectivity index (χ1n) is 7.21. The van der Waals surface area contributed by atoms with Crippen molar-refractivity contribution in [2.75, 3.05) is 19.4 Å². The van der Waals surface area contributed by atoms with Crippen LogP contribution in [0.2, 0.25) is 5.02 Å². The van der Waals surface area contributed by atoms with Crippen molar-refractivity contribution in [2.24, 2.45) is 0 Å². The van der Waals surface area contributed by atoms with Gasteiger partial charge in [0.1, 0.15) is 6.10 Å². The van der Waals surface area contributed by atoms with Gasteiger partial charge >= 0.3 is 6.03 Å². The molecule has 1 aromatic carbocycles. The number of nitrogens with one attached hydrogen (secondary N) is 2. The van der Waals surface area contributed by atoms with E-state index in [0.717, 1.165) is 12.0 Å². The lowest BCUT2D eigenvalue weighted by Crippen LogP contribution is -2.45. The lowest BCUT2D eigenvalue weighted by Gasteiger charge is -2.21. The molecule has 4 atom stereocenters. The van der Waals surface area contributed by atoms with Gasteiger partial charge < -0.3 is 15.4 Å². The molecule has 1 fully saturated rings. The number of benzene rings is 1. The molecule has 0 saturated carbocycles. The summed E-state index contributed by atoms with van der Waals surface area (Å²) in [6, 6.07) is 7.11. The number of urea groups is 1. The Morgan fingerprint density at radius 2 is 2.14 bits per heavy atom. The Bertz CT molecular complexity index is 538. The summed E-state index contributed by atoms with van der Waals surface area (Å²) < 4.78 is 17.0. The summed E-state index contributed by atoms with van der Waals surface area (Å²) in [6.07, 6.45) is 2.22. The molecule has 1 saturated heterocycles. The fourth-order valence-corrected chi connectivity index (χ4v) is 2.74. The van der Waals surface area contributed by atoms with E-state index in [1.54, 1.807) is 6.26 Å². The van der Waals surface area contributed by atoms with Crippen LogP contribution in [0.3, 0.4) is 0 Å². The quantitative estimate of drug-likeness (QED) is 0.860. The second-order valence-electron chi connectivity index (χ2n) is 5.40. The molecule has 2 amide bonds. The molecule has 122 valence electrons. The minimum absolute atomic E-state index is 0.0716. The standard InChI is InChI=1S/C15H21ClN2O3S/c1-10(22(2)20)9-17-15(19)18-13-7-8-21-14(13)11-3-5-12(16)6-4-11/h3-6,10,13-14H,7-9H2,1-2H3,(H2,17,18,19). The zero-order valence-electron chi connectivity index (χ0n) is 12.7. The van der Waals surface area contributed by atoms with E-state index in [9.17, 15) is 9.00 Å². The maximum Gasteiger partial charge on any atom is 0.315 e. The lowest BCUT2D eigenvalue weighted by atomic mass is 10.0. The van der Waals surface area contributed by atoms with Crippen LogP contribution in [0.1, 0.15) is 25.0 Å². The summed E-state index contributed by atoms with van der Waals surface area (Å²) >= 11 is 5.89. The predicted molar refractivity (Wildman–Crippen MR) is 88.6 cm³/mol. The smallest absolute Gasteiger partial charge is 0.315 e. The minimum atomic E-state index is -0.949. The van der Waals surface area contributed by atoms with Gasteiger partial charge in [0, 0.05) is 40.5 Å². The van der Waals surface area contributed by atoms with Crippen LogP contribution < -0.4 is 10.6 Å². The molecule has 0 aromatic heterocycles. The van der Waals surface area contributed by atoms with Crippen molar-refractivity contribution in [1.29, 1.82) is 0 Å². The molecule has 1 aliphatic rings. The highest BCUT2D eigenvalue weighted by Crippen LogP contribution is 2.29. The van der Waals surface area contributed by atoms with Crippen LogP contribution in [0.25, 0.3) is 0 Å². The van der Waals surface area contributed by atoms with Crippen LogP contribution in [0.4, 0.5) is 4.79 Å². The molecule has 2 rings (SSSR count). The SMILES string of the molecule is CC(CNC(=O)NC1CCOC1c1ccc(Cl)cc1)S(C)=O. The molecule has 4 unspecified atom stereocenters. The fourth-order valence-electron chi connectivity index (χ4n) is 2.29.